The van der Waals surface area contributed by atoms with Crippen molar-refractivity contribution in [3.05, 3.63) is 52.7 Å². The van der Waals surface area contributed by atoms with Crippen LogP contribution in [0.15, 0.2) is 30.3 Å². The minimum absolute atomic E-state index is 0.165. The lowest BCUT2D eigenvalue weighted by Crippen LogP contribution is -2.63. The number of allylic oxidation sites excluding steroid dienone is 1. The van der Waals surface area contributed by atoms with Crippen LogP contribution >= 0.6 is 0 Å². The zero-order valence-electron chi connectivity index (χ0n) is 24.0. The van der Waals surface area contributed by atoms with E-state index in [9.17, 15) is 19.2 Å². The molecule has 2 heterocycles. The highest BCUT2D eigenvalue weighted by atomic mass is 16.7. The summed E-state index contributed by atoms with van der Waals surface area (Å²) >= 11 is 0. The standard InChI is InChI=1S/C29H36N2O10/c1-7-8-9-21-10-12-22(13-11-21)14-23-16(2)30-31-28(23)41-29-27(39-20(6)35)26(38-19(5)34)25(37-18(4)33)24(40-29)15-36-17(3)32/h8-13,24-27,29H,7,14-15H2,1-6H3,(H,30,31)/b9-8+/t24-,25-,26+,27-,29+/m1/s1. The molecule has 1 aliphatic rings. The number of aryl methyl sites for hydroxylation is 1. The number of ether oxygens (including phenoxy) is 6. The summed E-state index contributed by atoms with van der Waals surface area (Å²) in [5.41, 5.74) is 3.53. The number of nitrogens with zero attached hydrogens (tertiary/aromatic N) is 1. The molecule has 1 N–H and O–H groups in total. The zero-order valence-corrected chi connectivity index (χ0v) is 24.0. The summed E-state index contributed by atoms with van der Waals surface area (Å²) in [6.45, 7) is 8.22. The van der Waals surface area contributed by atoms with Crippen molar-refractivity contribution in [2.75, 3.05) is 6.61 Å². The topological polar surface area (TPSA) is 152 Å². The Kier molecular flexibility index (Phi) is 11.0. The van der Waals surface area contributed by atoms with Gasteiger partial charge in [0.1, 0.15) is 12.7 Å². The van der Waals surface area contributed by atoms with E-state index in [2.05, 4.69) is 23.2 Å². The normalized spacial score (nSPS) is 22.1. The Labute approximate surface area is 238 Å². The van der Waals surface area contributed by atoms with Crippen LogP contribution in [0.4, 0.5) is 0 Å². The van der Waals surface area contributed by atoms with Crippen LogP contribution in [-0.4, -0.2) is 71.4 Å². The van der Waals surface area contributed by atoms with Gasteiger partial charge in [-0.3, -0.25) is 24.3 Å². The molecular formula is C29H36N2O10. The highest BCUT2D eigenvalue weighted by Crippen LogP contribution is 2.32. The summed E-state index contributed by atoms with van der Waals surface area (Å²) in [5, 5.41) is 7.17. The van der Waals surface area contributed by atoms with Gasteiger partial charge in [0.2, 0.25) is 18.3 Å². The molecule has 1 aromatic carbocycles. The van der Waals surface area contributed by atoms with Crippen molar-refractivity contribution in [1.29, 1.82) is 0 Å². The van der Waals surface area contributed by atoms with Gasteiger partial charge in [0.25, 0.3) is 0 Å². The van der Waals surface area contributed by atoms with Gasteiger partial charge in [0.15, 0.2) is 12.2 Å². The Hall–Kier alpha value is -4.19. The molecule has 1 aromatic heterocycles. The van der Waals surface area contributed by atoms with Crippen molar-refractivity contribution < 1.29 is 47.6 Å². The predicted octanol–water partition coefficient (Wildman–Crippen LogP) is 3.19. The van der Waals surface area contributed by atoms with Crippen LogP contribution in [0.1, 0.15) is 63.4 Å². The summed E-state index contributed by atoms with van der Waals surface area (Å²) in [6.07, 6.45) is -0.956. The second kappa shape index (κ2) is 14.4. The Morgan fingerprint density at radius 2 is 1.51 bits per heavy atom. The van der Waals surface area contributed by atoms with Crippen LogP contribution in [0.25, 0.3) is 6.08 Å². The molecule has 41 heavy (non-hydrogen) atoms. The number of aromatic nitrogens is 2. The molecule has 222 valence electrons. The van der Waals surface area contributed by atoms with E-state index in [-0.39, 0.29) is 12.5 Å². The first-order valence-electron chi connectivity index (χ1n) is 13.2. The summed E-state index contributed by atoms with van der Waals surface area (Å²) in [7, 11) is 0. The first-order chi connectivity index (χ1) is 19.5. The monoisotopic (exact) mass is 572 g/mol. The Morgan fingerprint density at radius 3 is 2.10 bits per heavy atom. The maximum atomic E-state index is 12.1. The summed E-state index contributed by atoms with van der Waals surface area (Å²) in [4.78, 5) is 47.7. The molecule has 0 radical (unpaired) electrons. The van der Waals surface area contributed by atoms with Gasteiger partial charge in [-0.15, -0.1) is 5.10 Å². The number of hydrogen-bond donors (Lipinski definition) is 1. The molecule has 0 bridgehead atoms. The number of rotatable bonds is 11. The van der Waals surface area contributed by atoms with Crippen LogP contribution in [0.3, 0.4) is 0 Å². The zero-order chi connectivity index (χ0) is 30.1. The molecule has 5 atom stereocenters. The van der Waals surface area contributed by atoms with E-state index in [1.54, 1.807) is 0 Å². The number of nitrogens with one attached hydrogen (secondary N) is 1. The lowest BCUT2D eigenvalue weighted by atomic mass is 9.98. The molecule has 3 rings (SSSR count). The number of aromatic amines is 1. The molecule has 1 saturated heterocycles. The van der Waals surface area contributed by atoms with Gasteiger partial charge in [-0.1, -0.05) is 43.3 Å². The van der Waals surface area contributed by atoms with Gasteiger partial charge >= 0.3 is 23.9 Å². The van der Waals surface area contributed by atoms with E-state index in [0.29, 0.717) is 6.42 Å². The van der Waals surface area contributed by atoms with Gasteiger partial charge in [-0.25, -0.2) is 0 Å². The average molecular weight is 573 g/mol. The average Bonchev–Trinajstić information content (AvgIpc) is 3.23. The van der Waals surface area contributed by atoms with Gasteiger partial charge in [-0.2, -0.15) is 0 Å². The first kappa shape index (κ1) is 31.3. The van der Waals surface area contributed by atoms with Crippen molar-refractivity contribution in [2.24, 2.45) is 0 Å². The Bertz CT molecular complexity index is 1250. The Morgan fingerprint density at radius 1 is 0.902 bits per heavy atom. The number of carbonyl (C=O) groups is 4. The molecule has 2 aromatic rings. The first-order valence-corrected chi connectivity index (χ1v) is 13.2. The SMILES string of the molecule is CC/C=C/c1ccc(Cc2c(O[C@@H]3O[C@H](COC(C)=O)[C@@H](OC(C)=O)[C@H](OC(C)=O)[C@H]3OC(C)=O)n[nH]c2C)cc1. The molecule has 1 aliphatic heterocycles. The van der Waals surface area contributed by atoms with E-state index < -0.39 is 54.6 Å². The van der Waals surface area contributed by atoms with E-state index >= 15 is 0 Å². The number of carbonyl (C=O) groups excluding carboxylic acids is 4. The van der Waals surface area contributed by atoms with Crippen LogP contribution < -0.4 is 4.74 Å². The molecule has 12 heteroatoms. The van der Waals surface area contributed by atoms with Crippen LogP contribution in [0.5, 0.6) is 5.88 Å². The molecule has 0 amide bonds. The molecule has 0 aliphatic carbocycles. The van der Waals surface area contributed by atoms with Crippen LogP contribution in [0.2, 0.25) is 0 Å². The highest BCUT2D eigenvalue weighted by Gasteiger charge is 2.53. The highest BCUT2D eigenvalue weighted by molar-refractivity contribution is 5.68. The Balaban J connectivity index is 1.95. The summed E-state index contributed by atoms with van der Waals surface area (Å²) in [5.74, 6) is -2.62. The second-order valence-electron chi connectivity index (χ2n) is 9.55. The quantitative estimate of drug-likeness (QED) is 0.312. The van der Waals surface area contributed by atoms with Crippen LogP contribution in [0, 0.1) is 6.92 Å². The van der Waals surface area contributed by atoms with Gasteiger partial charge < -0.3 is 28.4 Å². The molecule has 0 unspecified atom stereocenters. The number of esters is 4. The molecule has 0 spiro atoms. The lowest BCUT2D eigenvalue weighted by Gasteiger charge is -2.43. The second-order valence-corrected chi connectivity index (χ2v) is 9.55. The third-order valence-electron chi connectivity index (χ3n) is 6.12. The summed E-state index contributed by atoms with van der Waals surface area (Å²) < 4.78 is 33.6. The van der Waals surface area contributed by atoms with E-state index in [0.717, 1.165) is 49.6 Å². The maximum absolute atomic E-state index is 12.1. The van der Waals surface area contributed by atoms with Crippen molar-refractivity contribution in [2.45, 2.75) is 85.1 Å². The van der Waals surface area contributed by atoms with E-state index in [1.165, 1.54) is 6.92 Å². The van der Waals surface area contributed by atoms with Gasteiger partial charge in [0.05, 0.1) is 0 Å². The number of hydrogen-bond acceptors (Lipinski definition) is 11. The van der Waals surface area contributed by atoms with Gasteiger partial charge in [-0.05, 0) is 24.5 Å². The fourth-order valence-corrected chi connectivity index (χ4v) is 4.33. The minimum Gasteiger partial charge on any atom is -0.463 e. The van der Waals surface area contributed by atoms with Crippen molar-refractivity contribution in [1.82, 2.24) is 10.2 Å². The number of benzene rings is 1. The lowest BCUT2D eigenvalue weighted by molar-refractivity contribution is -0.289. The smallest absolute Gasteiger partial charge is 0.303 e. The fraction of sp³-hybridized carbons (Fsp3) is 0.483. The summed E-state index contributed by atoms with van der Waals surface area (Å²) in [6, 6.07) is 8.02. The van der Waals surface area contributed by atoms with E-state index in [1.807, 2.05) is 37.3 Å². The fourth-order valence-electron chi connectivity index (χ4n) is 4.33. The van der Waals surface area contributed by atoms with Crippen LogP contribution in [-0.2, 0) is 49.3 Å². The molecule has 12 nitrogen and oxygen atoms in total. The van der Waals surface area contributed by atoms with Crippen molar-refractivity contribution >= 4 is 30.0 Å². The molecule has 1 fully saturated rings. The predicted molar refractivity (Wildman–Crippen MR) is 144 cm³/mol. The third-order valence-corrected chi connectivity index (χ3v) is 6.12. The van der Waals surface area contributed by atoms with Gasteiger partial charge in [0, 0.05) is 45.4 Å². The maximum Gasteiger partial charge on any atom is 0.303 e. The minimum atomic E-state index is -1.38. The van der Waals surface area contributed by atoms with Crippen molar-refractivity contribution in [3.8, 4) is 5.88 Å². The third kappa shape index (κ3) is 8.90. The molecule has 0 saturated carbocycles. The van der Waals surface area contributed by atoms with E-state index in [4.69, 9.17) is 28.4 Å². The largest absolute Gasteiger partial charge is 0.463 e. The number of H-pyrrole nitrogens is 1. The molecular weight excluding hydrogens is 536 g/mol. The van der Waals surface area contributed by atoms with Crippen molar-refractivity contribution in [3.63, 3.8) is 0 Å².